The van der Waals surface area contributed by atoms with E-state index in [0.717, 1.165) is 16.7 Å². The summed E-state index contributed by atoms with van der Waals surface area (Å²) in [6, 6.07) is -0.987. The normalized spacial score (nSPS) is 30.7. The zero-order chi connectivity index (χ0) is 20.2. The van der Waals surface area contributed by atoms with Gasteiger partial charge in [0.25, 0.3) is 5.97 Å². The Balaban J connectivity index is 2.16. The van der Waals surface area contributed by atoms with E-state index in [9.17, 15) is 28.2 Å². The lowest BCUT2D eigenvalue weighted by molar-refractivity contribution is -0.416. The third-order valence-electron chi connectivity index (χ3n) is 4.00. The molecule has 10 nitrogen and oxygen atoms in total. The number of hydrogen-bond acceptors (Lipinski definition) is 9. The molecule has 2 aliphatic heterocycles. The molecule has 0 spiro atoms. The SMILES string of the molecule is CN(C(=O)O)C1=N[C@@H]2[C@@H](O)[C@H](O)[C@H](CC(OCF)(OCF)OCF)O[C@@H]2S1. The van der Waals surface area contributed by atoms with Crippen molar-refractivity contribution in [1.29, 1.82) is 0 Å². The average Bonchev–Trinajstić information content (AvgIpc) is 3.03. The first-order valence-electron chi connectivity index (χ1n) is 7.61. The Bertz CT molecular complexity index is 543. The van der Waals surface area contributed by atoms with Crippen molar-refractivity contribution in [3.63, 3.8) is 0 Å². The summed E-state index contributed by atoms with van der Waals surface area (Å²) >= 11 is 0.864. The Morgan fingerprint density at radius 1 is 1.22 bits per heavy atom. The number of carbonyl (C=O) groups is 1. The van der Waals surface area contributed by atoms with Gasteiger partial charge in [0.2, 0.25) is 0 Å². The van der Waals surface area contributed by atoms with E-state index >= 15 is 0 Å². The van der Waals surface area contributed by atoms with Crippen LogP contribution in [0.25, 0.3) is 0 Å². The van der Waals surface area contributed by atoms with Gasteiger partial charge in [-0.05, 0) is 0 Å². The molecule has 1 fully saturated rings. The molecule has 0 radical (unpaired) electrons. The van der Waals surface area contributed by atoms with Gasteiger partial charge in [-0.3, -0.25) is 24.1 Å². The monoisotopic (exact) mass is 420 g/mol. The number of thioether (sulfide) groups is 1. The van der Waals surface area contributed by atoms with Crippen molar-refractivity contribution in [2.45, 2.75) is 42.2 Å². The number of amidine groups is 1. The van der Waals surface area contributed by atoms with Crippen molar-refractivity contribution < 1.29 is 52.2 Å². The zero-order valence-corrected chi connectivity index (χ0v) is 14.9. The third-order valence-corrected chi connectivity index (χ3v) is 5.21. The topological polar surface area (TPSA) is 130 Å². The number of ether oxygens (including phenoxy) is 4. The fraction of sp³-hybridized carbons (Fsp3) is 0.846. The molecule has 0 saturated carbocycles. The highest BCUT2D eigenvalue weighted by Gasteiger charge is 2.52. The predicted octanol–water partition coefficient (Wildman–Crippen LogP) is 0.389. The minimum atomic E-state index is -2.53. The van der Waals surface area contributed by atoms with E-state index in [1.54, 1.807) is 0 Å². The number of amides is 1. The summed E-state index contributed by atoms with van der Waals surface area (Å²) in [4.78, 5) is 15.8. The first-order valence-corrected chi connectivity index (χ1v) is 8.49. The van der Waals surface area contributed by atoms with Crippen LogP contribution in [-0.2, 0) is 18.9 Å². The largest absolute Gasteiger partial charge is 0.465 e. The van der Waals surface area contributed by atoms with Gasteiger partial charge in [0, 0.05) is 7.05 Å². The van der Waals surface area contributed by atoms with Crippen molar-refractivity contribution >= 4 is 23.0 Å². The predicted molar refractivity (Wildman–Crippen MR) is 83.8 cm³/mol. The molecule has 1 amide bonds. The van der Waals surface area contributed by atoms with Gasteiger partial charge < -0.3 is 20.1 Å². The molecule has 2 aliphatic rings. The first-order chi connectivity index (χ1) is 12.8. The Hall–Kier alpha value is -1.16. The van der Waals surface area contributed by atoms with Crippen molar-refractivity contribution in [2.75, 3.05) is 27.6 Å². The fourth-order valence-electron chi connectivity index (χ4n) is 2.63. The van der Waals surface area contributed by atoms with Gasteiger partial charge in [-0.1, -0.05) is 11.8 Å². The molecule has 156 valence electrons. The second-order valence-corrected chi connectivity index (χ2v) is 6.60. The van der Waals surface area contributed by atoms with E-state index in [1.807, 2.05) is 0 Å². The molecule has 2 rings (SSSR count). The summed E-state index contributed by atoms with van der Waals surface area (Å²) in [5, 5.41) is 29.6. The molecule has 0 unspecified atom stereocenters. The standard InChI is InChI=1S/C13H19F3N2O8S/c1-18(12(21)22)11-17-7-9(20)8(19)6(26-10(7)27-11)2-13(23-3-14,24-4-15)25-5-16/h6-10,19-20H,2-5H2,1H3,(H,21,22)/t6-,7+,8+,9+,10+/m0/s1. The molecule has 5 atom stereocenters. The van der Waals surface area contributed by atoms with Crippen LogP contribution >= 0.6 is 11.8 Å². The summed E-state index contributed by atoms with van der Waals surface area (Å²) < 4.78 is 57.0. The lowest BCUT2D eigenvalue weighted by Crippen LogP contribution is -2.57. The van der Waals surface area contributed by atoms with E-state index in [2.05, 4.69) is 19.2 Å². The summed E-state index contributed by atoms with van der Waals surface area (Å²) in [7, 11) is 1.23. The van der Waals surface area contributed by atoms with E-state index in [0.29, 0.717) is 0 Å². The highest BCUT2D eigenvalue weighted by molar-refractivity contribution is 8.14. The Morgan fingerprint density at radius 2 is 1.78 bits per heavy atom. The van der Waals surface area contributed by atoms with Crippen LogP contribution in [0.15, 0.2) is 4.99 Å². The van der Waals surface area contributed by atoms with E-state index in [4.69, 9.17) is 9.84 Å². The minimum absolute atomic E-state index is 0.0238. The number of aliphatic hydroxyl groups is 2. The maximum atomic E-state index is 12.6. The Labute approximate surface area is 155 Å². The summed E-state index contributed by atoms with van der Waals surface area (Å²) in [6.07, 6.45) is -6.45. The minimum Gasteiger partial charge on any atom is -0.465 e. The number of carboxylic acid groups (broad SMARTS) is 1. The summed E-state index contributed by atoms with van der Waals surface area (Å²) in [5.41, 5.74) is -0.913. The van der Waals surface area contributed by atoms with Crippen LogP contribution in [0.5, 0.6) is 0 Å². The van der Waals surface area contributed by atoms with Gasteiger partial charge >= 0.3 is 6.09 Å². The van der Waals surface area contributed by atoms with Crippen LogP contribution < -0.4 is 0 Å². The molecule has 3 N–H and O–H groups in total. The van der Waals surface area contributed by atoms with Gasteiger partial charge in [-0.25, -0.2) is 18.0 Å². The fourth-order valence-corrected chi connectivity index (χ4v) is 3.81. The van der Waals surface area contributed by atoms with Gasteiger partial charge in [0.05, 0.1) is 12.5 Å². The maximum Gasteiger partial charge on any atom is 0.413 e. The number of aliphatic hydroxyl groups excluding tert-OH is 2. The van der Waals surface area contributed by atoms with Crippen molar-refractivity contribution in [3.05, 3.63) is 0 Å². The van der Waals surface area contributed by atoms with E-state index in [1.165, 1.54) is 7.05 Å². The summed E-state index contributed by atoms with van der Waals surface area (Å²) in [5.74, 6) is -2.53. The molecular weight excluding hydrogens is 401 g/mol. The highest BCUT2D eigenvalue weighted by Crippen LogP contribution is 2.39. The van der Waals surface area contributed by atoms with E-state index < -0.39 is 68.9 Å². The van der Waals surface area contributed by atoms with Crippen molar-refractivity contribution in [1.82, 2.24) is 4.90 Å². The Kier molecular flexibility index (Phi) is 7.67. The summed E-state index contributed by atoms with van der Waals surface area (Å²) in [6.45, 7) is -4.53. The number of alkyl halides is 3. The van der Waals surface area contributed by atoms with Crippen LogP contribution in [0, 0.1) is 0 Å². The number of fused-ring (bicyclic) bond motifs is 1. The van der Waals surface area contributed by atoms with Crippen LogP contribution in [0.1, 0.15) is 6.42 Å². The van der Waals surface area contributed by atoms with Crippen LogP contribution in [0.4, 0.5) is 18.0 Å². The molecule has 14 heteroatoms. The van der Waals surface area contributed by atoms with Gasteiger partial charge in [0.1, 0.15) is 23.7 Å². The molecule has 0 aromatic rings. The van der Waals surface area contributed by atoms with Crippen molar-refractivity contribution in [3.8, 4) is 0 Å². The molecule has 2 heterocycles. The lowest BCUT2D eigenvalue weighted by atomic mass is 9.95. The molecule has 0 aromatic heterocycles. The second kappa shape index (κ2) is 9.36. The van der Waals surface area contributed by atoms with Crippen LogP contribution in [0.2, 0.25) is 0 Å². The maximum absolute atomic E-state index is 12.6. The number of rotatable bonds is 8. The molecular formula is C13H19F3N2O8S. The van der Waals surface area contributed by atoms with Gasteiger partial charge in [-0.2, -0.15) is 0 Å². The highest BCUT2D eigenvalue weighted by atomic mass is 32.2. The number of aliphatic imine (C=N–C) groups is 1. The number of nitrogens with zero attached hydrogens (tertiary/aromatic N) is 2. The molecule has 0 aliphatic carbocycles. The first kappa shape index (κ1) is 22.1. The molecule has 1 saturated heterocycles. The quantitative estimate of drug-likeness (QED) is 0.477. The zero-order valence-electron chi connectivity index (χ0n) is 14.0. The van der Waals surface area contributed by atoms with Crippen LogP contribution in [-0.4, -0.2) is 94.9 Å². The molecule has 27 heavy (non-hydrogen) atoms. The lowest BCUT2D eigenvalue weighted by Gasteiger charge is -2.41. The smallest absolute Gasteiger partial charge is 0.413 e. The molecule has 0 bridgehead atoms. The molecule has 0 aromatic carbocycles. The second-order valence-electron chi connectivity index (χ2n) is 5.53. The van der Waals surface area contributed by atoms with Gasteiger partial charge in [-0.15, -0.1) is 0 Å². The van der Waals surface area contributed by atoms with Gasteiger partial charge in [0.15, 0.2) is 25.7 Å². The van der Waals surface area contributed by atoms with E-state index in [-0.39, 0.29) is 5.17 Å². The number of halogens is 3. The third kappa shape index (κ3) is 4.82. The van der Waals surface area contributed by atoms with Crippen LogP contribution in [0.3, 0.4) is 0 Å². The Morgan fingerprint density at radius 3 is 2.26 bits per heavy atom. The number of hydrogen-bond donors (Lipinski definition) is 3. The van der Waals surface area contributed by atoms with Crippen molar-refractivity contribution in [2.24, 2.45) is 4.99 Å². The average molecular weight is 420 g/mol.